The zero-order valence-corrected chi connectivity index (χ0v) is 6.63. The van der Waals surface area contributed by atoms with Crippen molar-refractivity contribution in [3.63, 3.8) is 0 Å². The Morgan fingerprint density at radius 2 is 1.60 bits per heavy atom. The van der Waals surface area contributed by atoms with E-state index in [0.717, 1.165) is 0 Å². The van der Waals surface area contributed by atoms with E-state index in [0.29, 0.717) is 0 Å². The summed E-state index contributed by atoms with van der Waals surface area (Å²) in [7, 11) is 0. The third-order valence-electron chi connectivity index (χ3n) is 0.842. The number of unbranched alkanes of at least 4 members (excludes halogenated alkanes) is 2. The van der Waals surface area contributed by atoms with Gasteiger partial charge in [-0.3, -0.25) is 0 Å². The SMILES string of the molecule is CCCCC.O=C(O)CO. The molecule has 3 heteroatoms. The van der Waals surface area contributed by atoms with Crippen LogP contribution in [-0.4, -0.2) is 22.8 Å². The Bertz CT molecular complexity index is 69.3. The third kappa shape index (κ3) is 26.1. The number of aliphatic carboxylic acids is 1. The molecule has 0 aliphatic heterocycles. The van der Waals surface area contributed by atoms with E-state index >= 15 is 0 Å². The molecule has 0 aliphatic rings. The van der Waals surface area contributed by atoms with Crippen molar-refractivity contribution in [2.24, 2.45) is 0 Å². The Morgan fingerprint density at radius 3 is 1.60 bits per heavy atom. The molecule has 10 heavy (non-hydrogen) atoms. The fourth-order valence-electron chi connectivity index (χ4n) is 0.354. The second kappa shape index (κ2) is 11.3. The van der Waals surface area contributed by atoms with Crippen molar-refractivity contribution < 1.29 is 15.0 Å². The lowest BCUT2D eigenvalue weighted by molar-refractivity contribution is -0.140. The van der Waals surface area contributed by atoms with E-state index in [-0.39, 0.29) is 0 Å². The van der Waals surface area contributed by atoms with Gasteiger partial charge in [0.2, 0.25) is 0 Å². The molecule has 0 spiro atoms. The number of hydrogen-bond acceptors (Lipinski definition) is 2. The molecule has 0 radical (unpaired) electrons. The molecule has 0 heterocycles. The number of carboxylic acids is 1. The fraction of sp³-hybridized carbons (Fsp3) is 0.857. The number of rotatable bonds is 3. The number of hydrogen-bond donors (Lipinski definition) is 2. The lowest BCUT2D eigenvalue weighted by atomic mass is 10.3. The van der Waals surface area contributed by atoms with E-state index in [2.05, 4.69) is 13.8 Å². The van der Waals surface area contributed by atoms with Crippen LogP contribution in [0.1, 0.15) is 33.1 Å². The van der Waals surface area contributed by atoms with Crippen molar-refractivity contribution in [1.29, 1.82) is 0 Å². The van der Waals surface area contributed by atoms with Gasteiger partial charge in [-0.2, -0.15) is 0 Å². The van der Waals surface area contributed by atoms with Gasteiger partial charge >= 0.3 is 5.97 Å². The molecule has 0 aromatic heterocycles. The van der Waals surface area contributed by atoms with Crippen molar-refractivity contribution in [2.75, 3.05) is 6.61 Å². The summed E-state index contributed by atoms with van der Waals surface area (Å²) in [5, 5.41) is 15.0. The van der Waals surface area contributed by atoms with Crippen LogP contribution in [0.5, 0.6) is 0 Å². The zero-order valence-electron chi connectivity index (χ0n) is 6.63. The Hall–Kier alpha value is -0.570. The van der Waals surface area contributed by atoms with E-state index in [1.807, 2.05) is 0 Å². The van der Waals surface area contributed by atoms with Crippen LogP contribution in [0.2, 0.25) is 0 Å². The van der Waals surface area contributed by atoms with Crippen molar-refractivity contribution in [3.05, 3.63) is 0 Å². The summed E-state index contributed by atoms with van der Waals surface area (Å²) < 4.78 is 0. The fourth-order valence-corrected chi connectivity index (χ4v) is 0.354. The highest BCUT2D eigenvalue weighted by Crippen LogP contribution is 1.88. The van der Waals surface area contributed by atoms with E-state index in [1.165, 1.54) is 19.3 Å². The summed E-state index contributed by atoms with van der Waals surface area (Å²) in [6.07, 6.45) is 4.08. The van der Waals surface area contributed by atoms with E-state index < -0.39 is 12.6 Å². The van der Waals surface area contributed by atoms with Crippen molar-refractivity contribution in [1.82, 2.24) is 0 Å². The highest BCUT2D eigenvalue weighted by molar-refractivity contribution is 5.67. The molecule has 0 saturated heterocycles. The smallest absolute Gasteiger partial charge is 0.329 e. The Labute approximate surface area is 61.7 Å². The Balaban J connectivity index is 0. The number of aliphatic hydroxyl groups is 1. The summed E-state index contributed by atoms with van der Waals surface area (Å²) >= 11 is 0. The molecule has 3 nitrogen and oxygen atoms in total. The van der Waals surface area contributed by atoms with Crippen LogP contribution in [-0.2, 0) is 4.79 Å². The van der Waals surface area contributed by atoms with E-state index in [1.54, 1.807) is 0 Å². The second-order valence-electron chi connectivity index (χ2n) is 1.91. The minimum absolute atomic E-state index is 0.778. The van der Waals surface area contributed by atoms with Crippen LogP contribution in [0.4, 0.5) is 0 Å². The van der Waals surface area contributed by atoms with Crippen LogP contribution in [0.25, 0.3) is 0 Å². The maximum atomic E-state index is 9.12. The predicted octanol–water partition coefficient (Wildman–Crippen LogP) is 1.26. The van der Waals surface area contributed by atoms with Gasteiger partial charge in [0.15, 0.2) is 0 Å². The standard InChI is InChI=1S/C5H12.C2H4O3/c1-3-5-4-2;3-1-2(4)5/h3-5H2,1-2H3;3H,1H2,(H,4,5). The zero-order chi connectivity index (χ0) is 8.41. The first-order valence-corrected chi connectivity index (χ1v) is 3.51. The molecule has 0 bridgehead atoms. The van der Waals surface area contributed by atoms with Crippen molar-refractivity contribution in [2.45, 2.75) is 33.1 Å². The summed E-state index contributed by atoms with van der Waals surface area (Å²) in [4.78, 5) is 9.12. The molecular formula is C7H16O3. The summed E-state index contributed by atoms with van der Waals surface area (Å²) in [6.45, 7) is 3.65. The molecular weight excluding hydrogens is 132 g/mol. The molecule has 0 unspecified atom stereocenters. The Morgan fingerprint density at radius 1 is 1.30 bits per heavy atom. The van der Waals surface area contributed by atoms with Gasteiger partial charge in [-0.25, -0.2) is 4.79 Å². The predicted molar refractivity (Wildman–Crippen MR) is 39.9 cm³/mol. The normalized spacial score (nSPS) is 7.90. The topological polar surface area (TPSA) is 57.5 Å². The lowest BCUT2D eigenvalue weighted by Crippen LogP contribution is -1.98. The highest BCUT2D eigenvalue weighted by Gasteiger charge is 1.82. The van der Waals surface area contributed by atoms with E-state index in [4.69, 9.17) is 15.0 Å². The minimum atomic E-state index is -1.19. The summed E-state index contributed by atoms with van der Waals surface area (Å²) in [5.74, 6) is -1.19. The maximum absolute atomic E-state index is 9.12. The number of carboxylic acid groups (broad SMARTS) is 1. The van der Waals surface area contributed by atoms with Gasteiger partial charge in [-0.1, -0.05) is 33.1 Å². The van der Waals surface area contributed by atoms with Crippen LogP contribution < -0.4 is 0 Å². The first-order valence-electron chi connectivity index (χ1n) is 3.51. The molecule has 0 aromatic rings. The van der Waals surface area contributed by atoms with Crippen LogP contribution in [0, 0.1) is 0 Å². The van der Waals surface area contributed by atoms with Gasteiger partial charge in [-0.05, 0) is 0 Å². The molecule has 0 atom stereocenters. The number of carbonyl (C=O) groups is 1. The van der Waals surface area contributed by atoms with Crippen LogP contribution in [0.3, 0.4) is 0 Å². The largest absolute Gasteiger partial charge is 0.480 e. The second-order valence-corrected chi connectivity index (χ2v) is 1.91. The maximum Gasteiger partial charge on any atom is 0.329 e. The first-order chi connectivity index (χ1) is 4.68. The average Bonchev–Trinajstić information content (AvgIpc) is 1.91. The minimum Gasteiger partial charge on any atom is -0.480 e. The van der Waals surface area contributed by atoms with Crippen molar-refractivity contribution in [3.8, 4) is 0 Å². The Kier molecular flexibility index (Phi) is 13.7. The molecule has 0 aliphatic carbocycles. The average molecular weight is 148 g/mol. The lowest BCUT2D eigenvalue weighted by Gasteiger charge is -1.79. The van der Waals surface area contributed by atoms with E-state index in [9.17, 15) is 0 Å². The molecule has 0 aromatic carbocycles. The third-order valence-corrected chi connectivity index (χ3v) is 0.842. The van der Waals surface area contributed by atoms with Gasteiger partial charge in [0.25, 0.3) is 0 Å². The molecule has 0 fully saturated rings. The van der Waals surface area contributed by atoms with Gasteiger partial charge in [0.05, 0.1) is 0 Å². The van der Waals surface area contributed by atoms with Crippen molar-refractivity contribution >= 4 is 5.97 Å². The summed E-state index contributed by atoms with van der Waals surface area (Å²) in [5.41, 5.74) is 0. The molecule has 2 N–H and O–H groups in total. The molecule has 0 amide bonds. The highest BCUT2D eigenvalue weighted by atomic mass is 16.4. The monoisotopic (exact) mass is 148 g/mol. The van der Waals surface area contributed by atoms with Crippen LogP contribution >= 0.6 is 0 Å². The van der Waals surface area contributed by atoms with Gasteiger partial charge < -0.3 is 10.2 Å². The van der Waals surface area contributed by atoms with Crippen LogP contribution in [0.15, 0.2) is 0 Å². The van der Waals surface area contributed by atoms with Gasteiger partial charge in [-0.15, -0.1) is 0 Å². The number of aliphatic hydroxyl groups excluding tert-OH is 1. The molecule has 0 saturated carbocycles. The quantitative estimate of drug-likeness (QED) is 0.633. The van der Waals surface area contributed by atoms with Gasteiger partial charge in [0.1, 0.15) is 6.61 Å². The van der Waals surface area contributed by atoms with Gasteiger partial charge in [0, 0.05) is 0 Å². The summed E-state index contributed by atoms with van der Waals surface area (Å²) in [6, 6.07) is 0. The molecule has 62 valence electrons. The molecule has 0 rings (SSSR count). The first kappa shape index (κ1) is 12.1.